The third-order valence-electron chi connectivity index (χ3n) is 4.07. The molecular weight excluding hydrogens is 336 g/mol. The molecule has 0 bridgehead atoms. The van der Waals surface area contributed by atoms with E-state index in [0.29, 0.717) is 42.8 Å². The molecule has 1 aliphatic heterocycles. The number of ether oxygens (including phenoxy) is 2. The molecule has 0 aliphatic carbocycles. The summed E-state index contributed by atoms with van der Waals surface area (Å²) in [6, 6.07) is 6.41. The van der Waals surface area contributed by atoms with E-state index in [1.807, 2.05) is 0 Å². The van der Waals surface area contributed by atoms with E-state index in [0.717, 1.165) is 0 Å². The predicted octanol–water partition coefficient (Wildman–Crippen LogP) is 2.52. The molecular formula is C19H24N2O5. The molecule has 0 saturated carbocycles. The molecule has 2 amide bonds. The molecule has 1 N–H and O–H groups in total. The zero-order valence-electron chi connectivity index (χ0n) is 15.1. The summed E-state index contributed by atoms with van der Waals surface area (Å²) < 4.78 is 9.67. The van der Waals surface area contributed by atoms with E-state index < -0.39 is 6.16 Å². The summed E-state index contributed by atoms with van der Waals surface area (Å²) in [7, 11) is 0. The smallest absolute Gasteiger partial charge is 0.434 e. The topological polar surface area (TPSA) is 84.9 Å². The second-order valence-corrected chi connectivity index (χ2v) is 6.13. The highest BCUT2D eigenvalue weighted by molar-refractivity contribution is 5.94. The van der Waals surface area contributed by atoms with Crippen LogP contribution in [0.1, 0.15) is 37.0 Å². The van der Waals surface area contributed by atoms with Gasteiger partial charge in [0.05, 0.1) is 6.61 Å². The van der Waals surface area contributed by atoms with Gasteiger partial charge in [0.2, 0.25) is 5.91 Å². The lowest BCUT2D eigenvalue weighted by molar-refractivity contribution is -0.118. The maximum atomic E-state index is 12.6. The lowest BCUT2D eigenvalue weighted by atomic mass is 10.0. The van der Waals surface area contributed by atoms with Crippen LogP contribution in [0.3, 0.4) is 0 Å². The molecule has 1 aromatic rings. The average molecular weight is 360 g/mol. The molecule has 2 rings (SSSR count). The van der Waals surface area contributed by atoms with Crippen molar-refractivity contribution in [3.05, 3.63) is 42.0 Å². The summed E-state index contributed by atoms with van der Waals surface area (Å²) in [4.78, 5) is 37.3. The molecule has 0 radical (unpaired) electrons. The molecule has 140 valence electrons. The minimum Gasteiger partial charge on any atom is -0.434 e. The molecule has 0 aromatic heterocycles. The first-order valence-corrected chi connectivity index (χ1v) is 8.61. The van der Waals surface area contributed by atoms with Crippen molar-refractivity contribution in [2.45, 2.75) is 32.7 Å². The molecule has 1 fully saturated rings. The lowest BCUT2D eigenvalue weighted by Gasteiger charge is -2.32. The molecule has 1 saturated heterocycles. The van der Waals surface area contributed by atoms with E-state index in [1.165, 1.54) is 0 Å². The van der Waals surface area contributed by atoms with Crippen molar-refractivity contribution >= 4 is 18.0 Å². The molecule has 7 heteroatoms. The Bertz CT molecular complexity index is 676. The molecule has 7 nitrogen and oxygen atoms in total. The van der Waals surface area contributed by atoms with Crippen LogP contribution < -0.4 is 10.1 Å². The first kappa shape index (κ1) is 19.5. The summed E-state index contributed by atoms with van der Waals surface area (Å²) in [6.45, 7) is 8.36. The largest absolute Gasteiger partial charge is 0.513 e. The fourth-order valence-electron chi connectivity index (χ4n) is 2.63. The first-order chi connectivity index (χ1) is 12.4. The molecule has 1 heterocycles. The van der Waals surface area contributed by atoms with E-state index in [-0.39, 0.29) is 24.5 Å². The number of nitrogens with zero attached hydrogens (tertiary/aromatic N) is 1. The minimum absolute atomic E-state index is 0.0589. The van der Waals surface area contributed by atoms with Crippen LogP contribution >= 0.6 is 0 Å². The highest BCUT2D eigenvalue weighted by Crippen LogP contribution is 2.17. The molecule has 1 aliphatic rings. The van der Waals surface area contributed by atoms with Crippen molar-refractivity contribution in [2.75, 3.05) is 19.7 Å². The highest BCUT2D eigenvalue weighted by atomic mass is 16.7. The number of piperidine rings is 1. The van der Waals surface area contributed by atoms with Crippen molar-refractivity contribution in [3.8, 4) is 5.75 Å². The van der Waals surface area contributed by atoms with E-state index >= 15 is 0 Å². The highest BCUT2D eigenvalue weighted by Gasteiger charge is 2.24. The third kappa shape index (κ3) is 5.34. The van der Waals surface area contributed by atoms with Gasteiger partial charge in [0.25, 0.3) is 5.91 Å². The molecule has 26 heavy (non-hydrogen) atoms. The lowest BCUT2D eigenvalue weighted by Crippen LogP contribution is -2.46. The van der Waals surface area contributed by atoms with Crippen molar-refractivity contribution in [3.63, 3.8) is 0 Å². The number of rotatable bonds is 5. The van der Waals surface area contributed by atoms with Crippen LogP contribution in [0.5, 0.6) is 5.75 Å². The summed E-state index contributed by atoms with van der Waals surface area (Å²) in [5, 5.41) is 2.92. The SMILES string of the molecule is C=C(C)C(=O)NC1CCN(C(=O)c2ccc(OC(=O)OCC)cc2)CC1. The van der Waals surface area contributed by atoms with Crippen molar-refractivity contribution in [1.82, 2.24) is 10.2 Å². The van der Waals surface area contributed by atoms with Crippen molar-refractivity contribution in [1.29, 1.82) is 0 Å². The summed E-state index contributed by atoms with van der Waals surface area (Å²) >= 11 is 0. The average Bonchev–Trinajstić information content (AvgIpc) is 2.62. The third-order valence-corrected chi connectivity index (χ3v) is 4.07. The zero-order chi connectivity index (χ0) is 19.1. The first-order valence-electron chi connectivity index (χ1n) is 8.61. The quantitative estimate of drug-likeness (QED) is 0.495. The molecule has 1 aromatic carbocycles. The molecule has 0 atom stereocenters. The second kappa shape index (κ2) is 9.03. The van der Waals surface area contributed by atoms with Gasteiger partial charge in [-0.2, -0.15) is 0 Å². The summed E-state index contributed by atoms with van der Waals surface area (Å²) in [5.41, 5.74) is 0.999. The predicted molar refractivity (Wildman–Crippen MR) is 96.0 cm³/mol. The Morgan fingerprint density at radius 1 is 1.19 bits per heavy atom. The van der Waals surface area contributed by atoms with E-state index in [1.54, 1.807) is 43.0 Å². The van der Waals surface area contributed by atoms with Gasteiger partial charge in [-0.05, 0) is 51.0 Å². The van der Waals surface area contributed by atoms with Gasteiger partial charge in [-0.1, -0.05) is 6.58 Å². The van der Waals surface area contributed by atoms with Crippen LogP contribution in [0.15, 0.2) is 36.4 Å². The maximum Gasteiger partial charge on any atom is 0.513 e. The normalized spacial score (nSPS) is 14.5. The van der Waals surface area contributed by atoms with Crippen LogP contribution in [0, 0.1) is 0 Å². The number of carbonyl (C=O) groups is 3. The summed E-state index contributed by atoms with van der Waals surface area (Å²) in [5.74, 6) is 0.0885. The number of nitrogens with one attached hydrogen (secondary N) is 1. The van der Waals surface area contributed by atoms with Crippen LogP contribution in [0.25, 0.3) is 0 Å². The number of carbonyl (C=O) groups excluding carboxylic acids is 3. The van der Waals surface area contributed by atoms with Crippen LogP contribution in [-0.2, 0) is 9.53 Å². The fourth-order valence-corrected chi connectivity index (χ4v) is 2.63. The second-order valence-electron chi connectivity index (χ2n) is 6.13. The van der Waals surface area contributed by atoms with E-state index in [9.17, 15) is 14.4 Å². The Morgan fingerprint density at radius 2 is 1.81 bits per heavy atom. The van der Waals surface area contributed by atoms with Crippen molar-refractivity contribution in [2.24, 2.45) is 0 Å². The van der Waals surface area contributed by atoms with Gasteiger partial charge < -0.3 is 19.7 Å². The Hall–Kier alpha value is -2.83. The van der Waals surface area contributed by atoms with Crippen LogP contribution in [0.4, 0.5) is 4.79 Å². The van der Waals surface area contributed by atoms with Gasteiger partial charge in [0.15, 0.2) is 0 Å². The Balaban J connectivity index is 1.87. The molecule has 0 unspecified atom stereocenters. The van der Waals surface area contributed by atoms with E-state index in [2.05, 4.69) is 11.9 Å². The fraction of sp³-hybridized carbons (Fsp3) is 0.421. The Kier molecular flexibility index (Phi) is 6.77. The van der Waals surface area contributed by atoms with Gasteiger partial charge in [-0.15, -0.1) is 0 Å². The standard InChI is InChI=1S/C19H24N2O5/c1-4-25-19(24)26-16-7-5-14(6-8-16)18(23)21-11-9-15(10-12-21)20-17(22)13(2)3/h5-8,15H,2,4,9-12H2,1,3H3,(H,20,22). The number of amides is 2. The van der Waals surface area contributed by atoms with Crippen LogP contribution in [0.2, 0.25) is 0 Å². The van der Waals surface area contributed by atoms with Gasteiger partial charge in [0.1, 0.15) is 5.75 Å². The Labute approximate surface area is 153 Å². The van der Waals surface area contributed by atoms with E-state index in [4.69, 9.17) is 9.47 Å². The number of hydrogen-bond acceptors (Lipinski definition) is 5. The van der Waals surface area contributed by atoms with Gasteiger partial charge in [-0.25, -0.2) is 4.79 Å². The van der Waals surface area contributed by atoms with Crippen LogP contribution in [-0.4, -0.2) is 48.6 Å². The minimum atomic E-state index is -0.773. The maximum absolute atomic E-state index is 12.6. The van der Waals surface area contributed by atoms with Crippen molar-refractivity contribution < 1.29 is 23.9 Å². The molecule has 0 spiro atoms. The van der Waals surface area contributed by atoms with Gasteiger partial charge >= 0.3 is 6.16 Å². The number of likely N-dealkylation sites (tertiary alicyclic amines) is 1. The number of hydrogen-bond donors (Lipinski definition) is 1. The number of benzene rings is 1. The Morgan fingerprint density at radius 3 is 2.35 bits per heavy atom. The summed E-state index contributed by atoms with van der Waals surface area (Å²) in [6.07, 6.45) is 0.634. The van der Waals surface area contributed by atoms with Gasteiger partial charge in [0, 0.05) is 30.3 Å². The van der Waals surface area contributed by atoms with Gasteiger partial charge in [-0.3, -0.25) is 9.59 Å². The monoisotopic (exact) mass is 360 g/mol. The zero-order valence-corrected chi connectivity index (χ0v) is 15.1.